The van der Waals surface area contributed by atoms with E-state index in [1.807, 2.05) is 0 Å². The smallest absolute Gasteiger partial charge is 0.323 e. The van der Waals surface area contributed by atoms with Crippen LogP contribution in [-0.4, -0.2) is 77.1 Å². The average molecular weight is 283 g/mol. The Hall–Kier alpha value is -1.30. The lowest BCUT2D eigenvalue weighted by molar-refractivity contribution is -0.137. The standard InChI is InChI=1S/C14H25N3O3/c1-10-6-16(7-11(2)15(10)3)14(20)17(9-13(18)19)8-12-4-5-12/h10-12H,4-9H2,1-3H3,(H,18,19). The molecule has 2 atom stereocenters. The number of likely N-dealkylation sites (N-methyl/N-ethyl adjacent to an activating group) is 1. The fourth-order valence-electron chi connectivity index (χ4n) is 2.75. The summed E-state index contributed by atoms with van der Waals surface area (Å²) in [6.07, 6.45) is 2.22. The Bertz CT molecular complexity index is 372. The van der Waals surface area contributed by atoms with Crippen molar-refractivity contribution < 1.29 is 14.7 Å². The molecule has 1 saturated carbocycles. The van der Waals surface area contributed by atoms with Crippen LogP contribution >= 0.6 is 0 Å². The van der Waals surface area contributed by atoms with Gasteiger partial charge in [-0.3, -0.25) is 9.69 Å². The highest BCUT2D eigenvalue weighted by Crippen LogP contribution is 2.30. The summed E-state index contributed by atoms with van der Waals surface area (Å²) in [7, 11) is 2.07. The van der Waals surface area contributed by atoms with Gasteiger partial charge in [-0.2, -0.15) is 0 Å². The molecule has 1 heterocycles. The summed E-state index contributed by atoms with van der Waals surface area (Å²) >= 11 is 0. The van der Waals surface area contributed by atoms with Crippen LogP contribution in [0, 0.1) is 5.92 Å². The van der Waals surface area contributed by atoms with Gasteiger partial charge >= 0.3 is 12.0 Å². The molecule has 0 bridgehead atoms. The molecule has 114 valence electrons. The third kappa shape index (κ3) is 3.62. The predicted molar refractivity (Wildman–Crippen MR) is 75.6 cm³/mol. The summed E-state index contributed by atoms with van der Waals surface area (Å²) in [6, 6.07) is 0.483. The number of carboxylic acids is 1. The Kier molecular flexibility index (Phi) is 4.52. The highest BCUT2D eigenvalue weighted by Gasteiger charge is 2.34. The molecule has 0 aromatic rings. The molecule has 0 radical (unpaired) electrons. The lowest BCUT2D eigenvalue weighted by atomic mass is 10.1. The van der Waals surface area contributed by atoms with Crippen LogP contribution in [-0.2, 0) is 4.79 Å². The van der Waals surface area contributed by atoms with Crippen molar-refractivity contribution in [3.8, 4) is 0 Å². The van der Waals surface area contributed by atoms with Crippen LogP contribution in [0.2, 0.25) is 0 Å². The predicted octanol–water partition coefficient (Wildman–Crippen LogP) is 0.927. The quantitative estimate of drug-likeness (QED) is 0.833. The molecule has 6 heteroatoms. The number of carboxylic acid groups (broad SMARTS) is 1. The summed E-state index contributed by atoms with van der Waals surface area (Å²) in [5.41, 5.74) is 0. The molecule has 1 aliphatic heterocycles. The van der Waals surface area contributed by atoms with E-state index in [0.29, 0.717) is 37.6 Å². The van der Waals surface area contributed by atoms with Gasteiger partial charge in [0.15, 0.2) is 0 Å². The zero-order chi connectivity index (χ0) is 14.9. The van der Waals surface area contributed by atoms with E-state index in [1.54, 1.807) is 4.90 Å². The summed E-state index contributed by atoms with van der Waals surface area (Å²) in [5.74, 6) is -0.435. The first-order valence-electron chi connectivity index (χ1n) is 7.36. The monoisotopic (exact) mass is 283 g/mol. The molecule has 1 N–H and O–H groups in total. The molecular formula is C14H25N3O3. The lowest BCUT2D eigenvalue weighted by Crippen LogP contribution is -2.59. The molecule has 0 spiro atoms. The number of amides is 2. The molecule has 0 aromatic carbocycles. The Morgan fingerprint density at radius 2 is 1.75 bits per heavy atom. The van der Waals surface area contributed by atoms with E-state index in [2.05, 4.69) is 25.8 Å². The van der Waals surface area contributed by atoms with Crippen molar-refractivity contribution in [3.05, 3.63) is 0 Å². The SMILES string of the molecule is CC1CN(C(=O)N(CC(=O)O)CC2CC2)CC(C)N1C. The van der Waals surface area contributed by atoms with Crippen molar-refractivity contribution in [1.29, 1.82) is 0 Å². The number of hydrogen-bond donors (Lipinski definition) is 1. The van der Waals surface area contributed by atoms with Crippen molar-refractivity contribution in [1.82, 2.24) is 14.7 Å². The van der Waals surface area contributed by atoms with Gasteiger partial charge < -0.3 is 14.9 Å². The minimum absolute atomic E-state index is 0.119. The van der Waals surface area contributed by atoms with Gasteiger partial charge in [0, 0.05) is 31.7 Å². The summed E-state index contributed by atoms with van der Waals surface area (Å²) in [4.78, 5) is 29.1. The number of rotatable bonds is 4. The van der Waals surface area contributed by atoms with E-state index in [1.165, 1.54) is 4.90 Å². The summed E-state index contributed by atoms with van der Waals surface area (Å²) in [6.45, 7) is 5.92. The van der Waals surface area contributed by atoms with Gasteiger partial charge in [0.05, 0.1) is 0 Å². The van der Waals surface area contributed by atoms with Gasteiger partial charge in [-0.25, -0.2) is 4.79 Å². The van der Waals surface area contributed by atoms with E-state index < -0.39 is 5.97 Å². The van der Waals surface area contributed by atoms with Crippen molar-refractivity contribution in [3.63, 3.8) is 0 Å². The van der Waals surface area contributed by atoms with Gasteiger partial charge in [-0.05, 0) is 39.7 Å². The maximum Gasteiger partial charge on any atom is 0.323 e. The first kappa shape index (κ1) is 15.1. The zero-order valence-corrected chi connectivity index (χ0v) is 12.6. The minimum Gasteiger partial charge on any atom is -0.480 e. The van der Waals surface area contributed by atoms with Crippen molar-refractivity contribution >= 4 is 12.0 Å². The number of nitrogens with zero attached hydrogens (tertiary/aromatic N) is 3. The largest absolute Gasteiger partial charge is 0.480 e. The number of piperazine rings is 1. The first-order chi connectivity index (χ1) is 9.38. The van der Waals surface area contributed by atoms with Gasteiger partial charge in [0.25, 0.3) is 0 Å². The molecule has 20 heavy (non-hydrogen) atoms. The van der Waals surface area contributed by atoms with Crippen molar-refractivity contribution in [2.24, 2.45) is 5.92 Å². The second-order valence-corrected chi connectivity index (χ2v) is 6.27. The average Bonchev–Trinajstić information content (AvgIpc) is 3.17. The van der Waals surface area contributed by atoms with Gasteiger partial charge in [-0.15, -0.1) is 0 Å². The van der Waals surface area contributed by atoms with E-state index in [9.17, 15) is 9.59 Å². The number of carbonyl (C=O) groups is 2. The molecule has 2 aliphatic rings. The second-order valence-electron chi connectivity index (χ2n) is 6.27. The number of hydrogen-bond acceptors (Lipinski definition) is 3. The molecule has 1 aliphatic carbocycles. The van der Waals surface area contributed by atoms with Crippen LogP contribution in [0.1, 0.15) is 26.7 Å². The number of carbonyl (C=O) groups excluding carboxylic acids is 1. The molecular weight excluding hydrogens is 258 g/mol. The molecule has 1 saturated heterocycles. The number of urea groups is 1. The topological polar surface area (TPSA) is 64.1 Å². The fourth-order valence-corrected chi connectivity index (χ4v) is 2.75. The van der Waals surface area contributed by atoms with Gasteiger partial charge in [0.2, 0.25) is 0 Å². The van der Waals surface area contributed by atoms with Crippen molar-refractivity contribution in [2.45, 2.75) is 38.8 Å². The maximum atomic E-state index is 12.6. The lowest BCUT2D eigenvalue weighted by Gasteiger charge is -2.43. The van der Waals surface area contributed by atoms with Crippen LogP contribution < -0.4 is 0 Å². The third-order valence-electron chi connectivity index (χ3n) is 4.40. The van der Waals surface area contributed by atoms with Crippen molar-refractivity contribution in [2.75, 3.05) is 33.2 Å². The second kappa shape index (κ2) is 5.99. The Labute approximate surface area is 120 Å². The highest BCUT2D eigenvalue weighted by atomic mass is 16.4. The Morgan fingerprint density at radius 1 is 1.20 bits per heavy atom. The van der Waals surface area contributed by atoms with Crippen LogP contribution in [0.4, 0.5) is 4.79 Å². The summed E-state index contributed by atoms with van der Waals surface area (Å²) < 4.78 is 0. The zero-order valence-electron chi connectivity index (χ0n) is 12.6. The van der Waals surface area contributed by atoms with Crippen LogP contribution in [0.3, 0.4) is 0 Å². The molecule has 2 unspecified atom stereocenters. The Balaban J connectivity index is 2.00. The van der Waals surface area contributed by atoms with E-state index in [0.717, 1.165) is 12.8 Å². The summed E-state index contributed by atoms with van der Waals surface area (Å²) in [5, 5.41) is 8.99. The molecule has 0 aromatic heterocycles. The van der Waals surface area contributed by atoms with Crippen LogP contribution in [0.5, 0.6) is 0 Å². The van der Waals surface area contributed by atoms with Gasteiger partial charge in [0.1, 0.15) is 6.54 Å². The van der Waals surface area contributed by atoms with E-state index >= 15 is 0 Å². The minimum atomic E-state index is -0.936. The Morgan fingerprint density at radius 3 is 2.20 bits per heavy atom. The number of aliphatic carboxylic acids is 1. The first-order valence-corrected chi connectivity index (χ1v) is 7.36. The van der Waals surface area contributed by atoms with Crippen LogP contribution in [0.15, 0.2) is 0 Å². The molecule has 2 rings (SSSR count). The van der Waals surface area contributed by atoms with E-state index in [4.69, 9.17) is 5.11 Å². The molecule has 2 amide bonds. The molecule has 2 fully saturated rings. The third-order valence-corrected chi connectivity index (χ3v) is 4.40. The normalized spacial score (nSPS) is 27.4. The highest BCUT2D eigenvalue weighted by molar-refractivity contribution is 5.80. The fraction of sp³-hybridized carbons (Fsp3) is 0.857. The van der Waals surface area contributed by atoms with E-state index in [-0.39, 0.29) is 12.6 Å². The van der Waals surface area contributed by atoms with Crippen LogP contribution in [0.25, 0.3) is 0 Å². The molecule has 6 nitrogen and oxygen atoms in total. The maximum absolute atomic E-state index is 12.6. The van der Waals surface area contributed by atoms with Gasteiger partial charge in [-0.1, -0.05) is 0 Å².